The van der Waals surface area contributed by atoms with Crippen LogP contribution in [0.4, 0.5) is 0 Å². The predicted molar refractivity (Wildman–Crippen MR) is 400 cm³/mol. The molecule has 2 aromatic carbocycles. The number of rotatable bonds is 41. The summed E-state index contributed by atoms with van der Waals surface area (Å²) in [4.78, 5) is 188. The maximum absolute atomic E-state index is 15.2. The standard InChI is InChI=1S/C71H116N22O13/c1-40(2)36-50(87-62(100)52(39-94)89-64(102)57(72)42(5)6)61(99)83-43(7)59(97)85-48(23-14-30-81-70(76)77)60(98)86-49(24-15-31-82-71(78)79)65(103)91-33-16-26-53(91)63(101)88-51(37-41(3)4)66(104)92-34-17-27-55(92)68(106)93-32-11-10-25-54(93)67(105)90(38-45-20-12-19-44-18-8-9-21-46(44)45)35-28-56(95)84-47(58(73)96)22-13-29-80-69(74)75/h8-9,12,18-21,40-43,47-55,57,94H,10-11,13-17,22-39,72H2,1-7H3,(H2,73,96)(H,83,99)(H,84,95)(H,85,97)(H,86,98)(H,87,100)(H,88,101)(H,89,102)(H4,74,75,80)(H4,76,77,81)(H4,78,79,82)/t43-,47-,48-,49-,50-,51-,52-,53-,54-,55-,57-/m0/s1. The average Bonchev–Trinajstić information content (AvgIpc) is 1.48. The number of carbonyl (C=O) groups excluding carboxylic acids is 12. The van der Waals surface area contributed by atoms with Crippen molar-refractivity contribution in [3.63, 3.8) is 0 Å². The molecule has 35 heteroatoms. The topological polar surface area (TPSA) is 567 Å². The summed E-state index contributed by atoms with van der Waals surface area (Å²) in [7, 11) is 0. The molecular weight excluding hydrogens is 1370 g/mol. The number of nitrogens with zero attached hydrogens (tertiary/aromatic N) is 7. The number of aliphatic hydroxyl groups excluding tert-OH is 1. The molecule has 588 valence electrons. The number of aliphatic hydroxyl groups is 1. The average molecular weight is 1490 g/mol. The van der Waals surface area contributed by atoms with Crippen LogP contribution in [0.3, 0.4) is 0 Å². The van der Waals surface area contributed by atoms with Gasteiger partial charge in [-0.25, -0.2) is 0 Å². The van der Waals surface area contributed by atoms with E-state index in [4.69, 9.17) is 45.9 Å². The van der Waals surface area contributed by atoms with Gasteiger partial charge >= 0.3 is 0 Å². The minimum absolute atomic E-state index is 0.0245. The van der Waals surface area contributed by atoms with Crippen molar-refractivity contribution in [1.29, 1.82) is 0 Å². The highest BCUT2D eigenvalue weighted by Crippen LogP contribution is 2.29. The summed E-state index contributed by atoms with van der Waals surface area (Å²) in [6.45, 7) is 11.9. The van der Waals surface area contributed by atoms with Gasteiger partial charge in [0.05, 0.1) is 12.6 Å². The van der Waals surface area contributed by atoms with Crippen LogP contribution in [0, 0.1) is 17.8 Å². The van der Waals surface area contributed by atoms with E-state index in [-0.39, 0.29) is 152 Å². The first-order chi connectivity index (χ1) is 50.2. The normalized spacial score (nSPS) is 18.0. The summed E-state index contributed by atoms with van der Waals surface area (Å²) in [6.07, 6.45) is 3.31. The Morgan fingerprint density at radius 1 is 0.509 bits per heavy atom. The Balaban J connectivity index is 1.35. The Morgan fingerprint density at radius 3 is 1.58 bits per heavy atom. The van der Waals surface area contributed by atoms with Crippen LogP contribution in [0.25, 0.3) is 10.8 Å². The van der Waals surface area contributed by atoms with Crippen LogP contribution >= 0.6 is 0 Å². The summed E-state index contributed by atoms with van der Waals surface area (Å²) in [5.74, 6) is -9.29. The van der Waals surface area contributed by atoms with Crippen molar-refractivity contribution in [1.82, 2.24) is 56.8 Å². The summed E-state index contributed by atoms with van der Waals surface area (Å²) in [5, 5.41) is 30.5. The van der Waals surface area contributed by atoms with Gasteiger partial charge in [0, 0.05) is 58.8 Å². The molecule has 0 saturated carbocycles. The van der Waals surface area contributed by atoms with Crippen LogP contribution in [0.2, 0.25) is 0 Å². The minimum atomic E-state index is -1.46. The van der Waals surface area contributed by atoms with E-state index in [9.17, 15) is 43.5 Å². The van der Waals surface area contributed by atoms with Crippen LogP contribution in [-0.4, -0.2) is 232 Å². The maximum atomic E-state index is 15.2. The van der Waals surface area contributed by atoms with Gasteiger partial charge < -0.3 is 108 Å². The van der Waals surface area contributed by atoms with Crippen molar-refractivity contribution >= 4 is 99.5 Å². The fourth-order valence-corrected chi connectivity index (χ4v) is 13.2. The molecule has 2 aromatic rings. The zero-order valence-corrected chi connectivity index (χ0v) is 62.4. The van der Waals surface area contributed by atoms with Gasteiger partial charge in [-0.2, -0.15) is 0 Å². The van der Waals surface area contributed by atoms with Gasteiger partial charge in [-0.1, -0.05) is 84.0 Å². The first-order valence-electron chi connectivity index (χ1n) is 36.8. The Kier molecular flexibility index (Phi) is 35.1. The second-order valence-corrected chi connectivity index (χ2v) is 28.7. The molecule has 12 amide bonds. The molecule has 11 atom stereocenters. The third-order valence-electron chi connectivity index (χ3n) is 18.9. The zero-order valence-electron chi connectivity index (χ0n) is 62.4. The van der Waals surface area contributed by atoms with Crippen molar-refractivity contribution in [3.05, 3.63) is 48.0 Å². The third kappa shape index (κ3) is 26.9. The second kappa shape index (κ2) is 42.9. The molecule has 3 saturated heterocycles. The number of carbonyl (C=O) groups is 12. The molecule has 35 nitrogen and oxygen atoms in total. The summed E-state index contributed by atoms with van der Waals surface area (Å²) in [6, 6.07) is 0.246. The Hall–Kier alpha value is -9.93. The Morgan fingerprint density at radius 2 is 1.00 bits per heavy atom. The summed E-state index contributed by atoms with van der Waals surface area (Å²) in [5.41, 5.74) is 45.8. The molecule has 0 unspecified atom stereocenters. The summed E-state index contributed by atoms with van der Waals surface area (Å²) >= 11 is 0. The predicted octanol–water partition coefficient (Wildman–Crippen LogP) is -2.95. The molecule has 3 aliphatic heterocycles. The van der Waals surface area contributed by atoms with Gasteiger partial charge in [-0.15, -0.1) is 0 Å². The molecule has 3 fully saturated rings. The van der Waals surface area contributed by atoms with Gasteiger partial charge in [0.1, 0.15) is 60.4 Å². The van der Waals surface area contributed by atoms with Crippen LogP contribution in [0.1, 0.15) is 157 Å². The SMILES string of the molecule is CC(C)C[C@H](NC(=O)[C@H](CO)NC(=O)[C@@H](N)C(C)C)C(=O)N[C@@H](C)C(=O)N[C@@H](CCCN=C(N)N)C(=O)N[C@@H](CCCN=C(N)N)C(=O)N1CCC[C@H]1C(=O)N[C@@H](CC(C)C)C(=O)N1CCC[C@H]1C(=O)N1CCCC[C@H]1C(=O)N(CCC(=O)N[C@@H](CCCN=C(N)N)C(N)=O)Cc1cccc2ccccc12. The number of likely N-dealkylation sites (tertiary alicyclic amines) is 3. The maximum Gasteiger partial charge on any atom is 0.246 e. The number of hydrogen-bond acceptors (Lipinski definition) is 17. The quantitative estimate of drug-likeness (QED) is 0.0180. The van der Waals surface area contributed by atoms with E-state index < -0.39 is 144 Å². The van der Waals surface area contributed by atoms with Crippen LogP contribution in [-0.2, 0) is 64.1 Å². The fraction of sp³-hybridized carbons (Fsp3) is 0.648. The molecule has 0 bridgehead atoms. The lowest BCUT2D eigenvalue weighted by atomic mass is 9.97. The van der Waals surface area contributed by atoms with Crippen LogP contribution in [0.15, 0.2) is 57.4 Å². The number of fused-ring (bicyclic) bond motifs is 1. The van der Waals surface area contributed by atoms with E-state index in [1.54, 1.807) is 32.6 Å². The van der Waals surface area contributed by atoms with E-state index >= 15 is 19.2 Å². The van der Waals surface area contributed by atoms with Gasteiger partial charge in [-0.3, -0.25) is 72.5 Å². The molecule has 5 rings (SSSR count). The number of amides is 12. The van der Waals surface area contributed by atoms with Gasteiger partial charge in [0.25, 0.3) is 0 Å². The van der Waals surface area contributed by atoms with Crippen LogP contribution < -0.4 is 83.1 Å². The van der Waals surface area contributed by atoms with E-state index in [1.165, 1.54) is 21.6 Å². The van der Waals surface area contributed by atoms with Gasteiger partial charge in [0.15, 0.2) is 17.9 Å². The molecule has 106 heavy (non-hydrogen) atoms. The number of primary amides is 1. The number of hydrogen-bond donors (Lipinski definition) is 16. The van der Waals surface area contributed by atoms with Crippen molar-refractivity contribution in [3.8, 4) is 0 Å². The molecule has 3 heterocycles. The van der Waals surface area contributed by atoms with E-state index in [2.05, 4.69) is 52.2 Å². The largest absolute Gasteiger partial charge is 0.394 e. The lowest BCUT2D eigenvalue weighted by Crippen LogP contribution is -2.61. The van der Waals surface area contributed by atoms with Crippen molar-refractivity contribution in [2.24, 2.45) is 78.6 Å². The molecule has 0 aliphatic carbocycles. The van der Waals surface area contributed by atoms with Crippen LogP contribution in [0.5, 0.6) is 0 Å². The minimum Gasteiger partial charge on any atom is -0.394 e. The fourth-order valence-electron chi connectivity index (χ4n) is 13.2. The molecule has 0 spiro atoms. The van der Waals surface area contributed by atoms with Crippen molar-refractivity contribution in [2.75, 3.05) is 52.4 Å². The van der Waals surface area contributed by atoms with Crippen molar-refractivity contribution in [2.45, 2.75) is 224 Å². The number of benzene rings is 2. The monoisotopic (exact) mass is 1480 g/mol. The Labute approximate surface area is 619 Å². The van der Waals surface area contributed by atoms with Gasteiger partial charge in [-0.05, 0) is 137 Å². The Bertz CT molecular complexity index is 3440. The lowest BCUT2D eigenvalue weighted by Gasteiger charge is -2.40. The van der Waals surface area contributed by atoms with Crippen molar-refractivity contribution < 1.29 is 62.6 Å². The highest BCUT2D eigenvalue weighted by atomic mass is 16.3. The highest BCUT2D eigenvalue weighted by molar-refractivity contribution is 6.00. The first-order valence-corrected chi connectivity index (χ1v) is 36.8. The third-order valence-corrected chi connectivity index (χ3v) is 18.9. The van der Waals surface area contributed by atoms with Gasteiger partial charge in [0.2, 0.25) is 70.9 Å². The molecular formula is C71H116N22O13. The zero-order chi connectivity index (χ0) is 78.5. The number of guanidine groups is 3. The number of piperidine rings is 1. The van der Waals surface area contributed by atoms with E-state index in [0.29, 0.717) is 38.5 Å². The number of nitrogens with two attached hydrogens (primary N) is 8. The lowest BCUT2D eigenvalue weighted by molar-refractivity contribution is -0.153. The molecule has 24 N–H and O–H groups in total. The summed E-state index contributed by atoms with van der Waals surface area (Å²) < 4.78 is 0. The smallest absolute Gasteiger partial charge is 0.246 e. The molecule has 3 aliphatic rings. The van der Waals surface area contributed by atoms with E-state index in [1.807, 2.05) is 56.3 Å². The second-order valence-electron chi connectivity index (χ2n) is 28.7. The molecule has 0 aromatic heterocycles. The highest BCUT2D eigenvalue weighted by Gasteiger charge is 2.46. The first kappa shape index (κ1) is 86.7. The number of aliphatic imine (C=N–C) groups is 3. The number of nitrogens with one attached hydrogen (secondary N) is 7. The van der Waals surface area contributed by atoms with E-state index in [0.717, 1.165) is 16.3 Å². The molecule has 0 radical (unpaired) electrons.